The number of benzene rings is 1. The van der Waals surface area contributed by atoms with E-state index in [-0.39, 0.29) is 23.1 Å². The summed E-state index contributed by atoms with van der Waals surface area (Å²) in [5, 5.41) is 18.1. The van der Waals surface area contributed by atoms with Crippen molar-refractivity contribution in [1.29, 1.82) is 0 Å². The largest absolute Gasteiger partial charge is 0.465 e. The van der Waals surface area contributed by atoms with Crippen LogP contribution in [0.5, 0.6) is 0 Å². The van der Waals surface area contributed by atoms with Crippen LogP contribution in [0.15, 0.2) is 29.2 Å². The molecular weight excluding hydrogens is 467 g/mol. The second-order valence-corrected chi connectivity index (χ2v) is 10.2. The van der Waals surface area contributed by atoms with Gasteiger partial charge in [0, 0.05) is 19.1 Å². The zero-order valence-electron chi connectivity index (χ0n) is 18.6. The predicted octanol–water partition coefficient (Wildman–Crippen LogP) is 4.77. The van der Waals surface area contributed by atoms with E-state index in [9.17, 15) is 14.7 Å². The maximum Gasteiger partial charge on any atom is 0.407 e. The molecule has 1 aliphatic heterocycles. The molecule has 0 bridgehead atoms. The van der Waals surface area contributed by atoms with Gasteiger partial charge >= 0.3 is 6.09 Å². The monoisotopic (exact) mass is 492 g/mol. The first-order valence-electron chi connectivity index (χ1n) is 10.7. The first-order chi connectivity index (χ1) is 15.5. The van der Waals surface area contributed by atoms with Gasteiger partial charge < -0.3 is 15.3 Å². The van der Waals surface area contributed by atoms with Gasteiger partial charge in [0.15, 0.2) is 5.52 Å². The molecule has 9 nitrogen and oxygen atoms in total. The number of nitrogens with zero attached hydrogens (tertiary/aromatic N) is 4. The minimum atomic E-state index is -0.920. The molecule has 4 rings (SSSR count). The molecule has 2 unspecified atom stereocenters. The van der Waals surface area contributed by atoms with E-state index < -0.39 is 6.09 Å². The molecule has 0 spiro atoms. The molecule has 1 amide bonds. The van der Waals surface area contributed by atoms with Crippen molar-refractivity contribution in [1.82, 2.24) is 24.6 Å². The van der Waals surface area contributed by atoms with Gasteiger partial charge in [0.2, 0.25) is 5.95 Å². The number of piperidine rings is 1. The minimum Gasteiger partial charge on any atom is -0.465 e. The van der Waals surface area contributed by atoms with Gasteiger partial charge in [0.1, 0.15) is 5.52 Å². The van der Waals surface area contributed by atoms with Gasteiger partial charge in [-0.05, 0) is 36.0 Å². The number of nitrogens with one attached hydrogen (secondary N) is 2. The third-order valence-corrected chi connectivity index (χ3v) is 6.80. The molecule has 2 aromatic heterocycles. The van der Waals surface area contributed by atoms with E-state index in [2.05, 4.69) is 20.4 Å². The third-order valence-electron chi connectivity index (χ3n) is 6.07. The number of rotatable bonds is 4. The Balaban J connectivity index is 1.57. The highest BCUT2D eigenvalue weighted by atomic mass is 35.5. The Bertz CT molecular complexity index is 1250. The molecular formula is C22H26Cl2N6O3. The topological polar surface area (TPSA) is 116 Å². The van der Waals surface area contributed by atoms with E-state index in [1.54, 1.807) is 23.0 Å². The van der Waals surface area contributed by atoms with E-state index in [1.165, 1.54) is 4.90 Å². The number of hydrogen-bond acceptors (Lipinski definition) is 5. The van der Waals surface area contributed by atoms with Crippen LogP contribution in [0.3, 0.4) is 0 Å². The molecule has 0 saturated carbocycles. The number of aromatic amines is 1. The number of hydrogen-bond donors (Lipinski definition) is 3. The second-order valence-electron chi connectivity index (χ2n) is 9.38. The zero-order chi connectivity index (χ0) is 23.9. The van der Waals surface area contributed by atoms with E-state index in [0.29, 0.717) is 53.0 Å². The van der Waals surface area contributed by atoms with Crippen LogP contribution < -0.4 is 10.9 Å². The second kappa shape index (κ2) is 8.87. The normalized spacial score (nSPS) is 19.1. The highest BCUT2D eigenvalue weighted by Gasteiger charge is 2.40. The van der Waals surface area contributed by atoms with Crippen molar-refractivity contribution in [3.8, 4) is 0 Å². The molecule has 1 aliphatic rings. The van der Waals surface area contributed by atoms with Crippen molar-refractivity contribution in [3.05, 3.63) is 50.4 Å². The number of fused-ring (bicyclic) bond motifs is 1. The van der Waals surface area contributed by atoms with Gasteiger partial charge in [-0.1, -0.05) is 50.0 Å². The fraction of sp³-hybridized carbons (Fsp3) is 0.455. The average molecular weight is 493 g/mol. The highest BCUT2D eigenvalue weighted by molar-refractivity contribution is 6.42. The maximum absolute atomic E-state index is 12.9. The fourth-order valence-corrected chi connectivity index (χ4v) is 4.71. The van der Waals surface area contributed by atoms with E-state index in [0.717, 1.165) is 5.56 Å². The molecule has 33 heavy (non-hydrogen) atoms. The molecule has 0 radical (unpaired) electrons. The smallest absolute Gasteiger partial charge is 0.407 e. The van der Waals surface area contributed by atoms with Crippen LogP contribution in [0.4, 0.5) is 10.7 Å². The number of carbonyl (C=O) groups is 1. The number of H-pyrrole nitrogens is 1. The predicted molar refractivity (Wildman–Crippen MR) is 128 cm³/mol. The van der Waals surface area contributed by atoms with Crippen molar-refractivity contribution < 1.29 is 9.90 Å². The highest BCUT2D eigenvalue weighted by Crippen LogP contribution is 2.37. The third kappa shape index (κ3) is 4.79. The molecule has 11 heteroatoms. The number of likely N-dealkylation sites (tertiary alicyclic amines) is 1. The Morgan fingerprint density at radius 1 is 1.30 bits per heavy atom. The molecule has 176 valence electrons. The lowest BCUT2D eigenvalue weighted by Crippen LogP contribution is -2.52. The summed E-state index contributed by atoms with van der Waals surface area (Å²) >= 11 is 12.0. The lowest BCUT2D eigenvalue weighted by Gasteiger charge is -2.44. The van der Waals surface area contributed by atoms with Gasteiger partial charge in [0.05, 0.1) is 22.3 Å². The van der Waals surface area contributed by atoms with Crippen molar-refractivity contribution in [2.75, 3.05) is 11.9 Å². The number of aromatic nitrogens is 4. The maximum atomic E-state index is 12.9. The first-order valence-corrected chi connectivity index (χ1v) is 11.4. The summed E-state index contributed by atoms with van der Waals surface area (Å²) in [4.78, 5) is 33.4. The summed E-state index contributed by atoms with van der Waals surface area (Å²) in [5.74, 6) is 0.325. The Hall–Kier alpha value is -2.78. The van der Waals surface area contributed by atoms with Gasteiger partial charge in [-0.2, -0.15) is 5.10 Å². The lowest BCUT2D eigenvalue weighted by atomic mass is 9.79. The van der Waals surface area contributed by atoms with E-state index >= 15 is 0 Å². The summed E-state index contributed by atoms with van der Waals surface area (Å²) in [5.41, 5.74) is 1.20. The summed E-state index contributed by atoms with van der Waals surface area (Å²) in [6, 6.07) is 5.02. The van der Waals surface area contributed by atoms with Gasteiger partial charge in [-0.25, -0.2) is 9.78 Å². The van der Waals surface area contributed by atoms with Crippen LogP contribution >= 0.6 is 23.2 Å². The van der Waals surface area contributed by atoms with Crippen molar-refractivity contribution in [3.63, 3.8) is 0 Å². The minimum absolute atomic E-state index is 0.0970. The molecule has 1 saturated heterocycles. The summed E-state index contributed by atoms with van der Waals surface area (Å²) < 4.78 is 1.70. The number of halogens is 2. The summed E-state index contributed by atoms with van der Waals surface area (Å²) in [7, 11) is 0. The Morgan fingerprint density at radius 2 is 2.06 bits per heavy atom. The standard InChI is InChI=1S/C22H26Cl2N6O3/c1-22(2,3)17-9-13(6-7-29(17)21(32)33)30-18-16(11-26-30)27-20(28-19(18)31)25-10-12-4-5-14(23)15(24)8-12/h4-5,8,11,13,17H,6-7,9-10H2,1-3H3,(H,32,33)(H2,25,27,28,31). The number of anilines is 1. The van der Waals surface area contributed by atoms with Crippen molar-refractivity contribution in [2.24, 2.45) is 5.41 Å². The van der Waals surface area contributed by atoms with Gasteiger partial charge in [-0.3, -0.25) is 14.5 Å². The molecule has 0 aliphatic carbocycles. The average Bonchev–Trinajstić information content (AvgIpc) is 3.18. The fourth-order valence-electron chi connectivity index (χ4n) is 4.39. The number of carboxylic acid groups (broad SMARTS) is 1. The van der Waals surface area contributed by atoms with Crippen LogP contribution in [0.1, 0.15) is 45.2 Å². The zero-order valence-corrected chi connectivity index (χ0v) is 20.1. The van der Waals surface area contributed by atoms with Crippen molar-refractivity contribution in [2.45, 2.75) is 52.2 Å². The van der Waals surface area contributed by atoms with Crippen LogP contribution in [0, 0.1) is 5.41 Å². The molecule has 3 aromatic rings. The van der Waals surface area contributed by atoms with Gasteiger partial charge in [0.25, 0.3) is 5.56 Å². The summed E-state index contributed by atoms with van der Waals surface area (Å²) in [6.07, 6.45) is 1.80. The Morgan fingerprint density at radius 3 is 2.73 bits per heavy atom. The van der Waals surface area contributed by atoms with E-state index in [1.807, 2.05) is 26.8 Å². The van der Waals surface area contributed by atoms with Gasteiger partial charge in [-0.15, -0.1) is 0 Å². The Kier molecular flexibility index (Phi) is 6.28. The lowest BCUT2D eigenvalue weighted by molar-refractivity contribution is 0.0415. The first kappa shape index (κ1) is 23.4. The molecule has 2 atom stereocenters. The van der Waals surface area contributed by atoms with Crippen LogP contribution in [-0.4, -0.2) is 48.4 Å². The van der Waals surface area contributed by atoms with E-state index in [4.69, 9.17) is 23.2 Å². The molecule has 1 aromatic carbocycles. The van der Waals surface area contributed by atoms with Crippen LogP contribution in [0.25, 0.3) is 11.0 Å². The molecule has 3 N–H and O–H groups in total. The Labute approximate surface area is 200 Å². The molecule has 1 fully saturated rings. The SMILES string of the molecule is CC(C)(C)C1CC(n2ncc3nc(NCc4ccc(Cl)c(Cl)c4)[nH]c(=O)c32)CCN1C(=O)O. The van der Waals surface area contributed by atoms with Crippen LogP contribution in [0.2, 0.25) is 10.0 Å². The van der Waals surface area contributed by atoms with Crippen LogP contribution in [-0.2, 0) is 6.54 Å². The van der Waals surface area contributed by atoms with Crippen molar-refractivity contribution >= 4 is 46.3 Å². The summed E-state index contributed by atoms with van der Waals surface area (Å²) in [6.45, 7) is 6.87. The quantitative estimate of drug-likeness (QED) is 0.482. The molecule has 3 heterocycles. The number of amides is 1.